The summed E-state index contributed by atoms with van der Waals surface area (Å²) in [5.74, 6) is 3.30. The zero-order chi connectivity index (χ0) is 19.3. The molecular weight excluding hydrogens is 356 g/mol. The summed E-state index contributed by atoms with van der Waals surface area (Å²) >= 11 is 0. The van der Waals surface area contributed by atoms with Crippen LogP contribution in [0.15, 0.2) is 34.8 Å². The van der Waals surface area contributed by atoms with Crippen LogP contribution in [0.5, 0.6) is 0 Å². The Balaban J connectivity index is 1.42. The van der Waals surface area contributed by atoms with Crippen molar-refractivity contribution in [3.05, 3.63) is 47.5 Å². The molecule has 8 rings (SSSR count). The lowest BCUT2D eigenvalue weighted by atomic mass is 9.68. The van der Waals surface area contributed by atoms with E-state index >= 15 is 0 Å². The van der Waals surface area contributed by atoms with Crippen molar-refractivity contribution in [2.75, 3.05) is 26.2 Å². The monoisotopic (exact) mass is 392 g/mol. The topological polar surface area (TPSA) is 19.6 Å². The Bertz CT molecular complexity index is 808. The van der Waals surface area contributed by atoms with Gasteiger partial charge in [0.05, 0.1) is 6.04 Å². The molecule has 7 heterocycles. The van der Waals surface area contributed by atoms with Crippen LogP contribution in [0.1, 0.15) is 86.8 Å². The molecule has 0 saturated carbocycles. The Hall–Kier alpha value is -1.32. The third-order valence-corrected chi connectivity index (χ3v) is 8.52. The van der Waals surface area contributed by atoms with Crippen LogP contribution in [0.3, 0.4) is 0 Å². The molecule has 2 fully saturated rings. The van der Waals surface area contributed by atoms with Crippen LogP contribution in [-0.2, 0) is 6.42 Å². The van der Waals surface area contributed by atoms with Gasteiger partial charge in [0.25, 0.3) is 0 Å². The molecule has 1 unspecified atom stereocenters. The van der Waals surface area contributed by atoms with Gasteiger partial charge in [0.1, 0.15) is 11.5 Å². The van der Waals surface area contributed by atoms with Crippen molar-refractivity contribution < 1.29 is 4.42 Å². The van der Waals surface area contributed by atoms with E-state index in [9.17, 15) is 0 Å². The second-order valence-electron chi connectivity index (χ2n) is 10.2. The first-order chi connectivity index (χ1) is 14.4. The van der Waals surface area contributed by atoms with Gasteiger partial charge in [-0.25, -0.2) is 0 Å². The molecule has 6 aliphatic heterocycles. The third kappa shape index (κ3) is 2.99. The van der Waals surface area contributed by atoms with Gasteiger partial charge in [-0.05, 0) is 95.0 Å². The van der Waals surface area contributed by atoms with Gasteiger partial charge in [-0.2, -0.15) is 0 Å². The van der Waals surface area contributed by atoms with Crippen molar-refractivity contribution in [2.45, 2.75) is 82.2 Å². The number of nitrogens with zero attached hydrogens (tertiary/aromatic N) is 2. The standard InChI is InChI=1S/C26H36N2O/c1-2-5-9-14-27-16-13-23-22-17-21(12-8-3-1)29-24(22)25-26(23,19-27)18-20-11-7-4-6-10-15-28(20)25/h1,3,7,11,17,20,23,25H,2,4-6,8-10,12-16,18-19H2/t20-,23-,25-,26-/m0/s1. The lowest BCUT2D eigenvalue weighted by Crippen LogP contribution is -2.47. The smallest absolute Gasteiger partial charge is 0.125 e. The SMILES string of the molecule is C1=CCCc2cc3c(o2)[C@@H]2N4CCCCC=C[C@H]4C[C@@]24CN(CCCC1)CC[C@@H]34. The number of piperidine rings is 1. The van der Waals surface area contributed by atoms with Gasteiger partial charge in [0.2, 0.25) is 0 Å². The molecule has 1 aliphatic carbocycles. The van der Waals surface area contributed by atoms with Gasteiger partial charge in [-0.1, -0.05) is 24.3 Å². The van der Waals surface area contributed by atoms with E-state index in [0.717, 1.165) is 12.8 Å². The van der Waals surface area contributed by atoms with Gasteiger partial charge in [0, 0.05) is 24.4 Å². The number of aryl methyl sites for hydroxylation is 1. The Morgan fingerprint density at radius 1 is 0.931 bits per heavy atom. The van der Waals surface area contributed by atoms with E-state index in [4.69, 9.17) is 4.42 Å². The van der Waals surface area contributed by atoms with E-state index in [2.05, 4.69) is 40.2 Å². The maximum Gasteiger partial charge on any atom is 0.125 e. The maximum absolute atomic E-state index is 6.69. The van der Waals surface area contributed by atoms with Gasteiger partial charge in [-0.3, -0.25) is 4.90 Å². The average Bonchev–Trinajstić information content (AvgIpc) is 3.29. The minimum absolute atomic E-state index is 0.378. The number of allylic oxidation sites excluding steroid dienone is 3. The molecule has 2 saturated heterocycles. The second kappa shape index (κ2) is 7.42. The highest BCUT2D eigenvalue weighted by Gasteiger charge is 2.64. The normalized spacial score (nSPS) is 39.6. The molecule has 3 heteroatoms. The summed E-state index contributed by atoms with van der Waals surface area (Å²) in [7, 11) is 0. The number of hydrogen-bond donors (Lipinski definition) is 0. The fourth-order valence-electron chi connectivity index (χ4n) is 7.32. The van der Waals surface area contributed by atoms with Gasteiger partial charge in [-0.15, -0.1) is 0 Å². The minimum Gasteiger partial charge on any atom is -0.464 e. The average molecular weight is 393 g/mol. The Kier molecular flexibility index (Phi) is 4.72. The number of hydrogen-bond acceptors (Lipinski definition) is 3. The molecule has 6 bridgehead atoms. The van der Waals surface area contributed by atoms with E-state index in [0.29, 0.717) is 23.4 Å². The lowest BCUT2D eigenvalue weighted by Gasteiger charge is -2.45. The molecule has 7 aliphatic rings. The van der Waals surface area contributed by atoms with E-state index in [1.807, 2.05) is 0 Å². The second-order valence-corrected chi connectivity index (χ2v) is 10.2. The van der Waals surface area contributed by atoms with Crippen LogP contribution in [0, 0.1) is 5.41 Å². The third-order valence-electron chi connectivity index (χ3n) is 8.52. The molecule has 3 nitrogen and oxygen atoms in total. The van der Waals surface area contributed by atoms with Gasteiger partial charge in [0.15, 0.2) is 0 Å². The molecule has 0 aromatic carbocycles. The predicted molar refractivity (Wildman–Crippen MR) is 117 cm³/mol. The van der Waals surface area contributed by atoms with Crippen molar-refractivity contribution in [3.8, 4) is 0 Å². The predicted octanol–water partition coefficient (Wildman–Crippen LogP) is 5.60. The fourth-order valence-corrected chi connectivity index (χ4v) is 7.32. The highest BCUT2D eigenvalue weighted by atomic mass is 16.3. The molecule has 0 N–H and O–H groups in total. The molecule has 1 aromatic rings. The quantitative estimate of drug-likeness (QED) is 0.536. The van der Waals surface area contributed by atoms with Crippen LogP contribution in [-0.4, -0.2) is 42.0 Å². The number of furan rings is 1. The summed E-state index contributed by atoms with van der Waals surface area (Å²) in [5.41, 5.74) is 1.97. The molecule has 1 aromatic heterocycles. The molecule has 156 valence electrons. The molecule has 29 heavy (non-hydrogen) atoms. The van der Waals surface area contributed by atoms with Crippen LogP contribution in [0.2, 0.25) is 0 Å². The highest BCUT2D eigenvalue weighted by Crippen LogP contribution is 2.67. The summed E-state index contributed by atoms with van der Waals surface area (Å²) < 4.78 is 6.69. The van der Waals surface area contributed by atoms with Crippen molar-refractivity contribution >= 4 is 0 Å². The zero-order valence-electron chi connectivity index (χ0n) is 17.8. The van der Waals surface area contributed by atoms with Crippen molar-refractivity contribution in [1.29, 1.82) is 0 Å². The Labute approximate surface area is 175 Å². The summed E-state index contributed by atoms with van der Waals surface area (Å²) in [6.07, 6.45) is 22.5. The Morgan fingerprint density at radius 2 is 1.79 bits per heavy atom. The molecular formula is C26H36N2O. The van der Waals surface area contributed by atoms with Crippen LogP contribution in [0.4, 0.5) is 0 Å². The maximum atomic E-state index is 6.69. The summed E-state index contributed by atoms with van der Waals surface area (Å²) in [4.78, 5) is 5.66. The van der Waals surface area contributed by atoms with Crippen molar-refractivity contribution in [3.63, 3.8) is 0 Å². The Morgan fingerprint density at radius 3 is 2.76 bits per heavy atom. The summed E-state index contributed by atoms with van der Waals surface area (Å²) in [6.45, 7) is 5.07. The highest BCUT2D eigenvalue weighted by molar-refractivity contribution is 5.42. The first-order valence-electron chi connectivity index (χ1n) is 12.3. The van der Waals surface area contributed by atoms with Crippen LogP contribution in [0.25, 0.3) is 0 Å². The largest absolute Gasteiger partial charge is 0.464 e. The molecule has 5 atom stereocenters. The van der Waals surface area contributed by atoms with Crippen molar-refractivity contribution in [1.82, 2.24) is 9.80 Å². The van der Waals surface area contributed by atoms with Gasteiger partial charge >= 0.3 is 0 Å². The van der Waals surface area contributed by atoms with E-state index in [-0.39, 0.29) is 0 Å². The van der Waals surface area contributed by atoms with E-state index in [1.54, 1.807) is 5.56 Å². The van der Waals surface area contributed by atoms with Crippen LogP contribution < -0.4 is 0 Å². The number of fused-ring (bicyclic) bond motifs is 2. The first kappa shape index (κ1) is 18.4. The molecule has 1 spiro atoms. The molecule has 0 radical (unpaired) electrons. The van der Waals surface area contributed by atoms with E-state index < -0.39 is 0 Å². The minimum atomic E-state index is 0.378. The first-order valence-corrected chi connectivity index (χ1v) is 12.3. The summed E-state index contributed by atoms with van der Waals surface area (Å²) in [6, 6.07) is 3.59. The van der Waals surface area contributed by atoms with Crippen LogP contribution >= 0.6 is 0 Å². The number of rotatable bonds is 0. The summed E-state index contributed by atoms with van der Waals surface area (Å²) in [5, 5.41) is 0. The van der Waals surface area contributed by atoms with Gasteiger partial charge < -0.3 is 9.32 Å². The lowest BCUT2D eigenvalue weighted by molar-refractivity contribution is 0.0364. The van der Waals surface area contributed by atoms with Crippen molar-refractivity contribution in [2.24, 2.45) is 5.41 Å². The van der Waals surface area contributed by atoms with E-state index in [1.165, 1.54) is 89.1 Å². The fraction of sp³-hybridized carbons (Fsp3) is 0.692. The zero-order valence-corrected chi connectivity index (χ0v) is 17.8. The molecule has 0 amide bonds.